The maximum atomic E-state index is 12.8. The van der Waals surface area contributed by atoms with Crippen LogP contribution in [0.2, 0.25) is 0 Å². The summed E-state index contributed by atoms with van der Waals surface area (Å²) in [6.45, 7) is 3.30. The van der Waals surface area contributed by atoms with Gasteiger partial charge >= 0.3 is 12.1 Å². The Labute approximate surface area is 114 Å². The first-order chi connectivity index (χ1) is 9.18. The fraction of sp³-hybridized carbons (Fsp3) is 0.667. The molecule has 1 heterocycles. The number of aliphatic carboxylic acids is 1. The first kappa shape index (κ1) is 16.3. The molecule has 2 atom stereocenters. The van der Waals surface area contributed by atoms with Crippen molar-refractivity contribution in [2.45, 2.75) is 31.5 Å². The number of carboxylic acids is 1. The number of carbonyl (C=O) groups is 2. The van der Waals surface area contributed by atoms with Gasteiger partial charge in [0.2, 0.25) is 5.91 Å². The van der Waals surface area contributed by atoms with Gasteiger partial charge in [-0.2, -0.15) is 13.2 Å². The highest BCUT2D eigenvalue weighted by Crippen LogP contribution is 2.35. The van der Waals surface area contributed by atoms with Crippen LogP contribution in [0.3, 0.4) is 0 Å². The predicted octanol–water partition coefficient (Wildman–Crippen LogP) is 1.79. The van der Waals surface area contributed by atoms with E-state index in [0.29, 0.717) is 6.42 Å². The Morgan fingerprint density at radius 1 is 1.50 bits per heavy atom. The molecule has 0 spiro atoms. The van der Waals surface area contributed by atoms with Gasteiger partial charge in [-0.25, -0.2) is 4.79 Å². The fourth-order valence-corrected chi connectivity index (χ4v) is 2.17. The van der Waals surface area contributed by atoms with Crippen LogP contribution in [0.1, 0.15) is 19.3 Å². The van der Waals surface area contributed by atoms with E-state index in [2.05, 4.69) is 11.3 Å². The van der Waals surface area contributed by atoms with Gasteiger partial charge in [0.15, 0.2) is 0 Å². The number of rotatable bonds is 5. The van der Waals surface area contributed by atoms with E-state index in [0.717, 1.165) is 12.0 Å². The molecule has 0 aromatic heterocycles. The van der Waals surface area contributed by atoms with Gasteiger partial charge in [-0.05, 0) is 12.8 Å². The lowest BCUT2D eigenvalue weighted by atomic mass is 10.0. The third-order valence-corrected chi connectivity index (χ3v) is 3.28. The number of halogens is 3. The predicted molar refractivity (Wildman–Crippen MR) is 62.7 cm³/mol. The highest BCUT2D eigenvalue weighted by atomic mass is 19.4. The first-order valence-corrected chi connectivity index (χ1v) is 6.00. The number of likely N-dealkylation sites (tertiary alicyclic amines) is 1. The SMILES string of the molecule is C=C(OC)C(CC(=O)N1CCC[C@H]1C(=O)O)C(F)(F)F. The molecule has 1 rings (SSSR count). The monoisotopic (exact) mass is 295 g/mol. The zero-order chi connectivity index (χ0) is 15.5. The van der Waals surface area contributed by atoms with Crippen molar-refractivity contribution in [3.05, 3.63) is 12.3 Å². The lowest BCUT2D eigenvalue weighted by Crippen LogP contribution is -2.42. The van der Waals surface area contributed by atoms with Gasteiger partial charge in [0.1, 0.15) is 17.7 Å². The molecule has 0 aromatic carbocycles. The molecule has 20 heavy (non-hydrogen) atoms. The van der Waals surface area contributed by atoms with Crippen molar-refractivity contribution in [2.75, 3.05) is 13.7 Å². The molecule has 0 aromatic rings. The van der Waals surface area contributed by atoms with Crippen molar-refractivity contribution < 1.29 is 32.6 Å². The Hall–Kier alpha value is -1.73. The second-order valence-electron chi connectivity index (χ2n) is 4.55. The standard InChI is InChI=1S/C12H16F3NO4/c1-7(20-2)8(12(13,14)15)6-10(17)16-5-3-4-9(16)11(18)19/h8-9H,1,3-6H2,2H3,(H,18,19)/t8?,9-/m0/s1. The van der Waals surface area contributed by atoms with Crippen molar-refractivity contribution in [1.82, 2.24) is 4.90 Å². The average molecular weight is 295 g/mol. The van der Waals surface area contributed by atoms with Crippen LogP contribution < -0.4 is 0 Å². The van der Waals surface area contributed by atoms with Crippen molar-refractivity contribution in [2.24, 2.45) is 5.92 Å². The molecule has 1 unspecified atom stereocenters. The zero-order valence-electron chi connectivity index (χ0n) is 10.9. The van der Waals surface area contributed by atoms with E-state index in [4.69, 9.17) is 5.11 Å². The van der Waals surface area contributed by atoms with Crippen molar-refractivity contribution in [1.29, 1.82) is 0 Å². The lowest BCUT2D eigenvalue weighted by Gasteiger charge is -2.26. The second-order valence-corrected chi connectivity index (χ2v) is 4.55. The number of hydrogen-bond acceptors (Lipinski definition) is 3. The van der Waals surface area contributed by atoms with E-state index < -0.39 is 42.2 Å². The summed E-state index contributed by atoms with van der Waals surface area (Å²) in [5, 5.41) is 8.92. The number of carboxylic acid groups (broad SMARTS) is 1. The number of nitrogens with zero attached hydrogens (tertiary/aromatic N) is 1. The zero-order valence-corrected chi connectivity index (χ0v) is 10.9. The minimum absolute atomic E-state index is 0.153. The van der Waals surface area contributed by atoms with Crippen LogP contribution in [0.25, 0.3) is 0 Å². The highest BCUT2D eigenvalue weighted by Gasteiger charge is 2.45. The van der Waals surface area contributed by atoms with Gasteiger partial charge in [-0.1, -0.05) is 6.58 Å². The largest absolute Gasteiger partial charge is 0.501 e. The smallest absolute Gasteiger partial charge is 0.399 e. The molecular weight excluding hydrogens is 279 g/mol. The van der Waals surface area contributed by atoms with Crippen LogP contribution in [-0.2, 0) is 14.3 Å². The summed E-state index contributed by atoms with van der Waals surface area (Å²) in [6, 6.07) is -1.05. The molecular formula is C12H16F3NO4. The summed E-state index contributed by atoms with van der Waals surface area (Å²) in [6.07, 6.45) is -4.84. The molecule has 1 aliphatic rings. The summed E-state index contributed by atoms with van der Waals surface area (Å²) in [5.41, 5.74) is 0. The summed E-state index contributed by atoms with van der Waals surface area (Å²) in [5.74, 6) is -4.74. The Kier molecular flexibility index (Phi) is 5.02. The quantitative estimate of drug-likeness (QED) is 0.785. The summed E-state index contributed by atoms with van der Waals surface area (Å²) in [4.78, 5) is 23.8. The molecule has 5 nitrogen and oxygen atoms in total. The molecule has 1 fully saturated rings. The average Bonchev–Trinajstić information content (AvgIpc) is 2.82. The second kappa shape index (κ2) is 6.15. The van der Waals surface area contributed by atoms with E-state index in [1.54, 1.807) is 0 Å². The molecule has 0 saturated carbocycles. The van der Waals surface area contributed by atoms with Crippen molar-refractivity contribution in [3.8, 4) is 0 Å². The fourth-order valence-electron chi connectivity index (χ4n) is 2.17. The third kappa shape index (κ3) is 3.64. The molecule has 1 amide bonds. The van der Waals surface area contributed by atoms with Crippen LogP contribution in [0.5, 0.6) is 0 Å². The minimum atomic E-state index is -4.67. The number of amides is 1. The van der Waals surface area contributed by atoms with E-state index in [1.165, 1.54) is 0 Å². The maximum absolute atomic E-state index is 12.8. The summed E-state index contributed by atoms with van der Waals surface area (Å²) >= 11 is 0. The molecule has 114 valence electrons. The normalized spacial score (nSPS) is 20.6. The number of alkyl halides is 3. The van der Waals surface area contributed by atoms with Gasteiger partial charge in [0.25, 0.3) is 0 Å². The van der Waals surface area contributed by atoms with Crippen LogP contribution in [-0.4, -0.2) is 47.8 Å². The Morgan fingerprint density at radius 2 is 2.10 bits per heavy atom. The molecule has 0 radical (unpaired) electrons. The minimum Gasteiger partial charge on any atom is -0.501 e. The van der Waals surface area contributed by atoms with Crippen LogP contribution in [0.4, 0.5) is 13.2 Å². The number of carbonyl (C=O) groups excluding carboxylic acids is 1. The van der Waals surface area contributed by atoms with Gasteiger partial charge in [-0.3, -0.25) is 4.79 Å². The lowest BCUT2D eigenvalue weighted by molar-refractivity contribution is -0.179. The van der Waals surface area contributed by atoms with E-state index in [9.17, 15) is 22.8 Å². The number of hydrogen-bond donors (Lipinski definition) is 1. The summed E-state index contributed by atoms with van der Waals surface area (Å²) < 4.78 is 43.0. The Morgan fingerprint density at radius 3 is 2.55 bits per heavy atom. The molecule has 1 saturated heterocycles. The van der Waals surface area contributed by atoms with Crippen LogP contribution in [0.15, 0.2) is 12.3 Å². The third-order valence-electron chi connectivity index (χ3n) is 3.28. The number of methoxy groups -OCH3 is 1. The maximum Gasteiger partial charge on any atom is 0.399 e. The van der Waals surface area contributed by atoms with E-state index >= 15 is 0 Å². The Balaban J connectivity index is 2.81. The first-order valence-electron chi connectivity index (χ1n) is 6.00. The number of allylic oxidation sites excluding steroid dienone is 1. The molecule has 0 aliphatic carbocycles. The summed E-state index contributed by atoms with van der Waals surface area (Å²) in [7, 11) is 1.04. The van der Waals surface area contributed by atoms with Gasteiger partial charge in [0.05, 0.1) is 7.11 Å². The number of ether oxygens (including phenoxy) is 1. The molecule has 0 bridgehead atoms. The van der Waals surface area contributed by atoms with Gasteiger partial charge in [0, 0.05) is 13.0 Å². The van der Waals surface area contributed by atoms with E-state index in [1.807, 2.05) is 0 Å². The topological polar surface area (TPSA) is 66.8 Å². The van der Waals surface area contributed by atoms with E-state index in [-0.39, 0.29) is 13.0 Å². The van der Waals surface area contributed by atoms with Gasteiger partial charge in [-0.15, -0.1) is 0 Å². The van der Waals surface area contributed by atoms with Gasteiger partial charge < -0.3 is 14.7 Å². The van der Waals surface area contributed by atoms with Crippen LogP contribution in [0, 0.1) is 5.92 Å². The molecule has 1 N–H and O–H groups in total. The molecule has 1 aliphatic heterocycles. The van der Waals surface area contributed by atoms with Crippen molar-refractivity contribution in [3.63, 3.8) is 0 Å². The highest BCUT2D eigenvalue weighted by molar-refractivity contribution is 5.84. The van der Waals surface area contributed by atoms with Crippen molar-refractivity contribution >= 4 is 11.9 Å². The van der Waals surface area contributed by atoms with Crippen LogP contribution >= 0.6 is 0 Å². The molecule has 8 heteroatoms. The Bertz CT molecular complexity index is 408.